The molecule has 0 heterocycles. The molecule has 26 heavy (non-hydrogen) atoms. The van der Waals surface area contributed by atoms with Gasteiger partial charge in [-0.3, -0.25) is 14.9 Å². The molecule has 0 spiro atoms. The molecule has 1 amide bonds. The number of nitro benzene ring substituents is 1. The van der Waals surface area contributed by atoms with E-state index in [4.69, 9.17) is 5.11 Å². The lowest BCUT2D eigenvalue weighted by molar-refractivity contribution is -0.383. The number of nitrogens with one attached hydrogen (secondary N) is 3. The van der Waals surface area contributed by atoms with Crippen LogP contribution in [0, 0.1) is 10.1 Å². The molecule has 4 N–H and O–H groups in total. The van der Waals surface area contributed by atoms with E-state index in [1.54, 1.807) is 24.3 Å². The van der Waals surface area contributed by atoms with Crippen molar-refractivity contribution in [3.8, 4) is 0 Å². The monoisotopic (exact) mass is 376 g/mol. The van der Waals surface area contributed by atoms with Crippen LogP contribution >= 0.6 is 11.9 Å². The van der Waals surface area contributed by atoms with E-state index in [0.717, 1.165) is 4.90 Å². The smallest absolute Gasteiger partial charge is 0.294 e. The zero-order chi connectivity index (χ0) is 18.9. The van der Waals surface area contributed by atoms with E-state index in [9.17, 15) is 14.9 Å². The Bertz CT molecular complexity index is 768. The van der Waals surface area contributed by atoms with Crippen LogP contribution in [0.4, 0.5) is 22.7 Å². The average molecular weight is 376 g/mol. The van der Waals surface area contributed by atoms with Crippen molar-refractivity contribution in [3.05, 3.63) is 52.6 Å². The number of nitro groups is 1. The van der Waals surface area contributed by atoms with Gasteiger partial charge in [-0.05, 0) is 54.8 Å². The Hall–Kier alpha value is -2.78. The van der Waals surface area contributed by atoms with E-state index in [1.807, 2.05) is 12.1 Å². The molecule has 0 aromatic heterocycles. The van der Waals surface area contributed by atoms with Gasteiger partial charge in [0.1, 0.15) is 5.69 Å². The summed E-state index contributed by atoms with van der Waals surface area (Å²) in [6, 6.07) is 12.1. The Morgan fingerprint density at radius 1 is 1.19 bits per heavy atom. The molecule has 9 heteroatoms. The molecule has 0 unspecified atom stereocenters. The molecule has 8 nitrogen and oxygen atoms in total. The maximum absolute atomic E-state index is 11.3. The van der Waals surface area contributed by atoms with E-state index < -0.39 is 4.92 Å². The van der Waals surface area contributed by atoms with Crippen molar-refractivity contribution in [2.24, 2.45) is 0 Å². The predicted octanol–water partition coefficient (Wildman–Crippen LogP) is 3.47. The van der Waals surface area contributed by atoms with Crippen molar-refractivity contribution in [2.75, 3.05) is 28.5 Å². The Balaban J connectivity index is 2.01. The fourth-order valence-corrected chi connectivity index (χ4v) is 2.76. The van der Waals surface area contributed by atoms with Gasteiger partial charge in [-0.15, -0.1) is 0 Å². The highest BCUT2D eigenvalue weighted by Crippen LogP contribution is 2.30. The van der Waals surface area contributed by atoms with Gasteiger partial charge >= 0.3 is 0 Å². The first-order valence-corrected chi connectivity index (χ1v) is 8.75. The molecule has 0 aliphatic heterocycles. The molecule has 2 aromatic rings. The molecule has 0 fully saturated rings. The van der Waals surface area contributed by atoms with Gasteiger partial charge in [0.2, 0.25) is 5.91 Å². The van der Waals surface area contributed by atoms with Crippen molar-refractivity contribution in [2.45, 2.75) is 18.2 Å². The van der Waals surface area contributed by atoms with Crippen LogP contribution in [-0.4, -0.2) is 29.1 Å². The highest BCUT2D eigenvalue weighted by molar-refractivity contribution is 8.00. The number of aliphatic hydroxyl groups is 1. The Morgan fingerprint density at radius 2 is 1.88 bits per heavy atom. The molecule has 0 atom stereocenters. The number of aliphatic hydroxyl groups excluding tert-OH is 1. The lowest BCUT2D eigenvalue weighted by Gasteiger charge is -2.10. The minimum Gasteiger partial charge on any atom is -0.396 e. The molecule has 2 aromatic carbocycles. The number of anilines is 3. The third-order valence-electron chi connectivity index (χ3n) is 3.31. The van der Waals surface area contributed by atoms with E-state index in [-0.39, 0.29) is 18.2 Å². The first-order valence-electron chi connectivity index (χ1n) is 7.93. The summed E-state index contributed by atoms with van der Waals surface area (Å²) in [6.45, 7) is 1.93. The third kappa shape index (κ3) is 5.94. The molecule has 0 radical (unpaired) electrons. The topological polar surface area (TPSA) is 117 Å². The number of benzene rings is 2. The minimum atomic E-state index is -0.445. The molecule has 0 aliphatic carbocycles. The lowest BCUT2D eigenvalue weighted by atomic mass is 10.2. The van der Waals surface area contributed by atoms with Gasteiger partial charge in [0.15, 0.2) is 0 Å². The Labute approximate surface area is 155 Å². The summed E-state index contributed by atoms with van der Waals surface area (Å²) in [6.07, 6.45) is 0.515. The first kappa shape index (κ1) is 19.5. The van der Waals surface area contributed by atoms with Gasteiger partial charge in [-0.25, -0.2) is 0 Å². The zero-order valence-electron chi connectivity index (χ0n) is 14.2. The normalized spacial score (nSPS) is 10.2. The highest BCUT2D eigenvalue weighted by Gasteiger charge is 2.14. The lowest BCUT2D eigenvalue weighted by Crippen LogP contribution is -2.06. The van der Waals surface area contributed by atoms with Gasteiger partial charge in [-0.1, -0.05) is 0 Å². The van der Waals surface area contributed by atoms with Gasteiger partial charge < -0.3 is 20.5 Å². The highest BCUT2D eigenvalue weighted by atomic mass is 32.2. The van der Waals surface area contributed by atoms with Gasteiger partial charge in [0.05, 0.1) is 10.6 Å². The average Bonchev–Trinajstić information content (AvgIpc) is 2.61. The van der Waals surface area contributed by atoms with Crippen LogP contribution < -0.4 is 15.4 Å². The predicted molar refractivity (Wildman–Crippen MR) is 104 cm³/mol. The van der Waals surface area contributed by atoms with Crippen molar-refractivity contribution in [3.63, 3.8) is 0 Å². The van der Waals surface area contributed by atoms with E-state index in [0.29, 0.717) is 30.0 Å². The van der Waals surface area contributed by atoms with Crippen LogP contribution in [0.25, 0.3) is 0 Å². The molecule has 0 aliphatic rings. The quantitative estimate of drug-likeness (QED) is 0.229. The summed E-state index contributed by atoms with van der Waals surface area (Å²) in [5.41, 5.74) is 1.68. The summed E-state index contributed by atoms with van der Waals surface area (Å²) in [5.74, 6) is -0.136. The van der Waals surface area contributed by atoms with E-state index in [1.165, 1.54) is 24.9 Å². The SMILES string of the molecule is CC(=O)Nc1ccc(SNc2ccc(NCCCO)c([N+](=O)[O-])c2)cc1. The molecule has 0 bridgehead atoms. The number of amides is 1. The van der Waals surface area contributed by atoms with Crippen molar-refractivity contribution >= 4 is 40.6 Å². The number of carbonyl (C=O) groups is 1. The maximum atomic E-state index is 11.3. The maximum Gasteiger partial charge on any atom is 0.294 e. The molecule has 2 rings (SSSR count). The number of carbonyl (C=O) groups excluding carboxylic acids is 1. The van der Waals surface area contributed by atoms with Crippen molar-refractivity contribution < 1.29 is 14.8 Å². The number of nitrogens with zero attached hydrogens (tertiary/aromatic N) is 1. The molecule has 138 valence electrons. The second-order valence-corrected chi connectivity index (χ2v) is 6.28. The van der Waals surface area contributed by atoms with Crippen LogP contribution in [-0.2, 0) is 4.79 Å². The van der Waals surface area contributed by atoms with Crippen LogP contribution in [0.1, 0.15) is 13.3 Å². The first-order chi connectivity index (χ1) is 12.5. The van der Waals surface area contributed by atoms with Crippen molar-refractivity contribution in [1.29, 1.82) is 0 Å². The molecular formula is C17H20N4O4S. The number of hydrogen-bond acceptors (Lipinski definition) is 7. The van der Waals surface area contributed by atoms with E-state index in [2.05, 4.69) is 15.4 Å². The third-order valence-corrected chi connectivity index (χ3v) is 4.15. The van der Waals surface area contributed by atoms with Crippen LogP contribution in [0.5, 0.6) is 0 Å². The fourth-order valence-electron chi connectivity index (χ4n) is 2.13. The molecular weight excluding hydrogens is 356 g/mol. The van der Waals surface area contributed by atoms with Crippen LogP contribution in [0.2, 0.25) is 0 Å². The van der Waals surface area contributed by atoms with Crippen molar-refractivity contribution in [1.82, 2.24) is 0 Å². The van der Waals surface area contributed by atoms with Gasteiger partial charge in [-0.2, -0.15) is 0 Å². The van der Waals surface area contributed by atoms with E-state index >= 15 is 0 Å². The molecule has 0 saturated heterocycles. The standard InChI is InChI=1S/C17H20N4O4S/c1-12(23)19-13-3-6-15(7-4-13)26-20-14-5-8-16(18-9-2-10-22)17(11-14)21(24)25/h3-8,11,18,20,22H,2,9-10H2,1H3,(H,19,23). The van der Waals surface area contributed by atoms with Gasteiger partial charge in [0, 0.05) is 36.7 Å². The summed E-state index contributed by atoms with van der Waals surface area (Å²) in [5, 5.41) is 25.7. The Morgan fingerprint density at radius 3 is 2.50 bits per heavy atom. The number of hydrogen-bond donors (Lipinski definition) is 4. The largest absolute Gasteiger partial charge is 0.396 e. The zero-order valence-corrected chi connectivity index (χ0v) is 15.0. The summed E-state index contributed by atoms with van der Waals surface area (Å²) in [7, 11) is 0. The second kappa shape index (κ2) is 9.64. The van der Waals surface area contributed by atoms with Gasteiger partial charge in [0.25, 0.3) is 5.69 Å². The number of rotatable bonds is 9. The second-order valence-electron chi connectivity index (χ2n) is 5.40. The van der Waals surface area contributed by atoms with Crippen LogP contribution in [0.15, 0.2) is 47.4 Å². The Kier molecular flexibility index (Phi) is 7.24. The fraction of sp³-hybridized carbons (Fsp3) is 0.235. The van der Waals surface area contributed by atoms with Crippen LogP contribution in [0.3, 0.4) is 0 Å². The summed E-state index contributed by atoms with van der Waals surface area (Å²) < 4.78 is 3.07. The molecule has 0 saturated carbocycles. The minimum absolute atomic E-state index is 0.0256. The summed E-state index contributed by atoms with van der Waals surface area (Å²) in [4.78, 5) is 22.7. The summed E-state index contributed by atoms with van der Waals surface area (Å²) >= 11 is 1.31.